The Morgan fingerprint density at radius 2 is 2.00 bits per heavy atom. The Morgan fingerprint density at radius 1 is 1.21 bits per heavy atom. The molecule has 0 spiro atoms. The maximum atomic E-state index is 10.8. The average Bonchev–Trinajstić information content (AvgIpc) is 3.09. The number of anilines is 1. The maximum absolute atomic E-state index is 10.8. The first-order valence-corrected chi connectivity index (χ1v) is 7.22. The largest absolute Gasteiger partial charge is 0.477 e. The average molecular weight is 260 g/mol. The topological polar surface area (TPSA) is 53.4 Å². The third-order valence-electron chi connectivity index (χ3n) is 4.54. The van der Waals surface area contributed by atoms with Crippen molar-refractivity contribution >= 4 is 11.7 Å². The molecule has 3 rings (SSSR count). The van der Waals surface area contributed by atoms with E-state index in [0.717, 1.165) is 18.2 Å². The minimum Gasteiger partial charge on any atom is -0.477 e. The van der Waals surface area contributed by atoms with Crippen LogP contribution in [0.2, 0.25) is 0 Å². The molecule has 4 nitrogen and oxygen atoms in total. The van der Waals surface area contributed by atoms with Gasteiger partial charge >= 0.3 is 5.97 Å². The van der Waals surface area contributed by atoms with Crippen LogP contribution < -0.4 is 4.90 Å². The smallest absolute Gasteiger partial charge is 0.354 e. The summed E-state index contributed by atoms with van der Waals surface area (Å²) >= 11 is 0. The number of carboxylic acid groups (broad SMARTS) is 1. The predicted octanol–water partition coefficient (Wildman–Crippen LogP) is 2.94. The van der Waals surface area contributed by atoms with Gasteiger partial charge in [-0.25, -0.2) is 9.78 Å². The summed E-state index contributed by atoms with van der Waals surface area (Å²) in [6, 6.07) is 4.16. The van der Waals surface area contributed by atoms with Crippen LogP contribution in [0.3, 0.4) is 0 Å². The highest BCUT2D eigenvalue weighted by Gasteiger charge is 2.33. The van der Waals surface area contributed by atoms with Crippen molar-refractivity contribution in [2.45, 2.75) is 44.6 Å². The van der Waals surface area contributed by atoms with E-state index in [0.29, 0.717) is 6.04 Å². The number of hydrogen-bond donors (Lipinski definition) is 1. The third kappa shape index (κ3) is 2.44. The second-order valence-corrected chi connectivity index (χ2v) is 5.65. The molecule has 0 bridgehead atoms. The van der Waals surface area contributed by atoms with E-state index >= 15 is 0 Å². The van der Waals surface area contributed by atoms with Gasteiger partial charge in [-0.05, 0) is 43.7 Å². The maximum Gasteiger partial charge on any atom is 0.354 e. The van der Waals surface area contributed by atoms with Gasteiger partial charge in [-0.3, -0.25) is 0 Å². The van der Waals surface area contributed by atoms with E-state index in [1.165, 1.54) is 38.5 Å². The van der Waals surface area contributed by atoms with Crippen LogP contribution in [0.1, 0.15) is 49.0 Å². The van der Waals surface area contributed by atoms with Gasteiger partial charge in [0.25, 0.3) is 0 Å². The first-order valence-electron chi connectivity index (χ1n) is 7.22. The number of rotatable bonds is 3. The Hall–Kier alpha value is -1.58. The lowest BCUT2D eigenvalue weighted by Gasteiger charge is -2.31. The van der Waals surface area contributed by atoms with Crippen LogP contribution in [-0.4, -0.2) is 28.6 Å². The lowest BCUT2D eigenvalue weighted by atomic mass is 9.96. The highest BCUT2D eigenvalue weighted by Crippen LogP contribution is 2.37. The van der Waals surface area contributed by atoms with Crippen LogP contribution in [-0.2, 0) is 0 Å². The fourth-order valence-corrected chi connectivity index (χ4v) is 3.63. The molecule has 2 heterocycles. The highest BCUT2D eigenvalue weighted by atomic mass is 16.4. The van der Waals surface area contributed by atoms with Crippen molar-refractivity contribution in [2.24, 2.45) is 5.92 Å². The number of nitrogens with zero attached hydrogens (tertiary/aromatic N) is 2. The van der Waals surface area contributed by atoms with Gasteiger partial charge in [-0.2, -0.15) is 0 Å². The van der Waals surface area contributed by atoms with Crippen molar-refractivity contribution in [1.29, 1.82) is 0 Å². The van der Waals surface area contributed by atoms with Gasteiger partial charge in [-0.15, -0.1) is 0 Å². The Bertz CT molecular complexity index is 452. The molecule has 1 unspecified atom stereocenters. The summed E-state index contributed by atoms with van der Waals surface area (Å²) in [6.45, 7) is 1.08. The molecule has 19 heavy (non-hydrogen) atoms. The molecule has 1 saturated carbocycles. The molecule has 2 aliphatic rings. The van der Waals surface area contributed by atoms with Crippen LogP contribution in [0.15, 0.2) is 18.3 Å². The zero-order valence-electron chi connectivity index (χ0n) is 11.1. The molecule has 1 saturated heterocycles. The van der Waals surface area contributed by atoms with E-state index < -0.39 is 5.97 Å². The number of aromatic nitrogens is 1. The monoisotopic (exact) mass is 260 g/mol. The van der Waals surface area contributed by atoms with E-state index in [9.17, 15) is 4.79 Å². The predicted molar refractivity (Wildman–Crippen MR) is 73.5 cm³/mol. The molecule has 1 aromatic rings. The first kappa shape index (κ1) is 12.5. The van der Waals surface area contributed by atoms with Crippen molar-refractivity contribution < 1.29 is 9.90 Å². The first-order chi connectivity index (χ1) is 9.25. The number of hydrogen-bond acceptors (Lipinski definition) is 3. The summed E-state index contributed by atoms with van der Waals surface area (Å²) in [5.74, 6) is -0.137. The molecule has 102 valence electrons. The van der Waals surface area contributed by atoms with Gasteiger partial charge in [0, 0.05) is 12.6 Å². The molecular weight excluding hydrogens is 240 g/mol. The summed E-state index contributed by atoms with van der Waals surface area (Å²) in [5.41, 5.74) is 1.21. The molecule has 0 radical (unpaired) electrons. The summed E-state index contributed by atoms with van der Waals surface area (Å²) in [7, 11) is 0. The summed E-state index contributed by atoms with van der Waals surface area (Å²) in [4.78, 5) is 17.3. The van der Waals surface area contributed by atoms with Gasteiger partial charge < -0.3 is 10.0 Å². The molecule has 0 amide bonds. The third-order valence-corrected chi connectivity index (χ3v) is 4.54. The van der Waals surface area contributed by atoms with Crippen LogP contribution in [0, 0.1) is 5.92 Å². The van der Waals surface area contributed by atoms with Crippen molar-refractivity contribution in [3.05, 3.63) is 24.0 Å². The molecule has 1 aromatic heterocycles. The number of pyridine rings is 1. The molecule has 1 aliphatic carbocycles. The van der Waals surface area contributed by atoms with Crippen molar-refractivity contribution in [1.82, 2.24) is 4.98 Å². The number of carboxylic acids is 1. The van der Waals surface area contributed by atoms with E-state index in [-0.39, 0.29) is 5.69 Å². The zero-order valence-corrected chi connectivity index (χ0v) is 11.1. The van der Waals surface area contributed by atoms with Gasteiger partial charge in [0.05, 0.1) is 11.9 Å². The van der Waals surface area contributed by atoms with E-state index in [1.54, 1.807) is 12.3 Å². The standard InChI is InChI=1S/C15H20N2O2/c18-15(19)13-8-7-12(10-16-13)17-9-3-6-14(17)11-4-1-2-5-11/h7-8,10-11,14H,1-6,9H2,(H,18,19). The summed E-state index contributed by atoms with van der Waals surface area (Å²) in [6.07, 6.45) is 9.66. The second-order valence-electron chi connectivity index (χ2n) is 5.65. The highest BCUT2D eigenvalue weighted by molar-refractivity contribution is 5.85. The molecule has 0 aromatic carbocycles. The summed E-state index contributed by atoms with van der Waals surface area (Å²) in [5, 5.41) is 8.89. The van der Waals surface area contributed by atoms with E-state index in [2.05, 4.69) is 9.88 Å². The second kappa shape index (κ2) is 5.19. The van der Waals surface area contributed by atoms with Crippen molar-refractivity contribution in [2.75, 3.05) is 11.4 Å². The molecule has 1 N–H and O–H groups in total. The van der Waals surface area contributed by atoms with Gasteiger partial charge in [0.15, 0.2) is 0 Å². The van der Waals surface area contributed by atoms with Gasteiger partial charge in [0.1, 0.15) is 5.69 Å². The van der Waals surface area contributed by atoms with Gasteiger partial charge in [-0.1, -0.05) is 12.8 Å². The Morgan fingerprint density at radius 3 is 2.63 bits per heavy atom. The van der Waals surface area contributed by atoms with Crippen LogP contribution in [0.4, 0.5) is 5.69 Å². The Labute approximate surface area is 113 Å². The molecule has 4 heteroatoms. The normalized spacial score (nSPS) is 24.0. The summed E-state index contributed by atoms with van der Waals surface area (Å²) < 4.78 is 0. The number of carbonyl (C=O) groups is 1. The van der Waals surface area contributed by atoms with Crippen LogP contribution >= 0.6 is 0 Å². The van der Waals surface area contributed by atoms with Crippen LogP contribution in [0.5, 0.6) is 0 Å². The molecule has 2 fully saturated rings. The lowest BCUT2D eigenvalue weighted by Crippen LogP contribution is -2.34. The quantitative estimate of drug-likeness (QED) is 0.907. The zero-order chi connectivity index (χ0) is 13.2. The van der Waals surface area contributed by atoms with Gasteiger partial charge in [0.2, 0.25) is 0 Å². The molecule has 1 aliphatic heterocycles. The van der Waals surface area contributed by atoms with Crippen molar-refractivity contribution in [3.63, 3.8) is 0 Å². The Balaban J connectivity index is 1.78. The SMILES string of the molecule is O=C(O)c1ccc(N2CCCC2C2CCCC2)cn1. The van der Waals surface area contributed by atoms with Crippen molar-refractivity contribution in [3.8, 4) is 0 Å². The molecular formula is C15H20N2O2. The fourth-order valence-electron chi connectivity index (χ4n) is 3.63. The van der Waals surface area contributed by atoms with E-state index in [1.807, 2.05) is 6.07 Å². The minimum atomic E-state index is -0.958. The fraction of sp³-hybridized carbons (Fsp3) is 0.600. The van der Waals surface area contributed by atoms with E-state index in [4.69, 9.17) is 5.11 Å². The molecule has 1 atom stereocenters. The van der Waals surface area contributed by atoms with Crippen LogP contribution in [0.25, 0.3) is 0 Å². The lowest BCUT2D eigenvalue weighted by molar-refractivity contribution is 0.0690. The minimum absolute atomic E-state index is 0.125. The number of aromatic carboxylic acids is 1. The Kier molecular flexibility index (Phi) is 3.40.